The molecule has 1 aliphatic rings. The van der Waals surface area contributed by atoms with Crippen LogP contribution in [0.15, 0.2) is 54.6 Å². The lowest BCUT2D eigenvalue weighted by Crippen LogP contribution is -2.45. The fraction of sp³-hybridized carbons (Fsp3) is 0.333. The van der Waals surface area contributed by atoms with Gasteiger partial charge in [-0.3, -0.25) is 19.9 Å². The Labute approximate surface area is 192 Å². The number of nitrogens with one attached hydrogen (secondary N) is 2. The molecule has 2 aromatic carbocycles. The smallest absolute Gasteiger partial charge is 0.410 e. The number of rotatable bonds is 10. The molecular formula is C24H28N4O5. The highest BCUT2D eigenvalue weighted by Crippen LogP contribution is 2.34. The highest BCUT2D eigenvalue weighted by molar-refractivity contribution is 5.94. The van der Waals surface area contributed by atoms with Crippen molar-refractivity contribution in [2.45, 2.75) is 44.4 Å². The highest BCUT2D eigenvalue weighted by atomic mass is 16.6. The number of hydrogen-bond donors (Lipinski definition) is 4. The van der Waals surface area contributed by atoms with Crippen molar-refractivity contribution in [3.05, 3.63) is 71.3 Å². The van der Waals surface area contributed by atoms with Crippen LogP contribution in [-0.2, 0) is 20.9 Å². The van der Waals surface area contributed by atoms with Crippen LogP contribution in [0.5, 0.6) is 0 Å². The Morgan fingerprint density at radius 3 is 2.48 bits per heavy atom. The molecule has 0 spiro atoms. The molecule has 0 bridgehead atoms. The summed E-state index contributed by atoms with van der Waals surface area (Å²) in [5.74, 6) is -1.24. The number of nitrogens with zero attached hydrogens (tertiary/aromatic N) is 1. The second-order valence-electron chi connectivity index (χ2n) is 7.96. The van der Waals surface area contributed by atoms with Crippen LogP contribution in [0.3, 0.4) is 0 Å². The lowest BCUT2D eigenvalue weighted by Gasteiger charge is -2.39. The van der Waals surface area contributed by atoms with Gasteiger partial charge in [-0.15, -0.1) is 0 Å². The number of amidine groups is 1. The summed E-state index contributed by atoms with van der Waals surface area (Å²) in [6.07, 6.45) is -0.385. The highest BCUT2D eigenvalue weighted by Gasteiger charge is 2.37. The van der Waals surface area contributed by atoms with Crippen molar-refractivity contribution in [1.82, 2.24) is 10.2 Å². The van der Waals surface area contributed by atoms with Gasteiger partial charge in [-0.2, -0.15) is 0 Å². The first-order chi connectivity index (χ1) is 15.8. The van der Waals surface area contributed by atoms with E-state index in [4.69, 9.17) is 21.0 Å². The van der Waals surface area contributed by atoms with Crippen molar-refractivity contribution in [1.29, 1.82) is 5.41 Å². The molecule has 3 rings (SSSR count). The van der Waals surface area contributed by atoms with E-state index in [0.717, 1.165) is 11.1 Å². The zero-order chi connectivity index (χ0) is 23.8. The molecule has 1 aliphatic heterocycles. The summed E-state index contributed by atoms with van der Waals surface area (Å²) in [4.78, 5) is 37.5. The molecule has 0 radical (unpaired) electrons. The van der Waals surface area contributed by atoms with Crippen LogP contribution in [-0.4, -0.2) is 46.5 Å². The maximum atomic E-state index is 12.9. The topological polar surface area (TPSA) is 146 Å². The van der Waals surface area contributed by atoms with Gasteiger partial charge in [-0.1, -0.05) is 54.6 Å². The van der Waals surface area contributed by atoms with Gasteiger partial charge in [0.2, 0.25) is 5.91 Å². The Bertz CT molecular complexity index is 994. The number of nitrogens with two attached hydrogens (primary N) is 1. The van der Waals surface area contributed by atoms with Crippen LogP contribution in [0.4, 0.5) is 4.79 Å². The number of carboxylic acid groups (broad SMARTS) is 1. The quantitative estimate of drug-likeness (QED) is 0.248. The summed E-state index contributed by atoms with van der Waals surface area (Å²) in [5.41, 5.74) is 7.96. The molecule has 9 heteroatoms. The van der Waals surface area contributed by atoms with Crippen LogP contribution in [0.2, 0.25) is 0 Å². The number of carbonyl (C=O) groups is 3. The molecule has 9 nitrogen and oxygen atoms in total. The summed E-state index contributed by atoms with van der Waals surface area (Å²) in [6.45, 7) is 0.606. The number of carboxylic acids is 1. The van der Waals surface area contributed by atoms with Gasteiger partial charge in [0, 0.05) is 31.5 Å². The van der Waals surface area contributed by atoms with Crippen molar-refractivity contribution in [2.75, 3.05) is 6.54 Å². The van der Waals surface area contributed by atoms with E-state index in [-0.39, 0.29) is 37.2 Å². The van der Waals surface area contributed by atoms with E-state index in [1.54, 1.807) is 17.0 Å². The predicted molar refractivity (Wildman–Crippen MR) is 122 cm³/mol. The number of hydrogen-bond acceptors (Lipinski definition) is 5. The van der Waals surface area contributed by atoms with Crippen molar-refractivity contribution in [2.24, 2.45) is 5.73 Å². The van der Waals surface area contributed by atoms with E-state index in [9.17, 15) is 14.4 Å². The molecule has 1 fully saturated rings. The molecule has 0 saturated carbocycles. The van der Waals surface area contributed by atoms with Gasteiger partial charge >= 0.3 is 12.1 Å². The number of nitrogen functional groups attached to an aromatic ring is 1. The van der Waals surface area contributed by atoms with Gasteiger partial charge in [0.25, 0.3) is 0 Å². The first-order valence-electron chi connectivity index (χ1n) is 10.8. The number of amides is 2. The fourth-order valence-electron chi connectivity index (χ4n) is 3.79. The molecule has 0 aliphatic carbocycles. The number of ether oxygens (including phenoxy) is 1. The van der Waals surface area contributed by atoms with E-state index >= 15 is 0 Å². The maximum absolute atomic E-state index is 12.9. The second-order valence-corrected chi connectivity index (χ2v) is 7.96. The molecule has 174 valence electrons. The summed E-state index contributed by atoms with van der Waals surface area (Å²) in [7, 11) is 0. The summed E-state index contributed by atoms with van der Waals surface area (Å²) < 4.78 is 5.58. The summed E-state index contributed by atoms with van der Waals surface area (Å²) in [5, 5.41) is 19.0. The first kappa shape index (κ1) is 23.8. The molecular weight excluding hydrogens is 424 g/mol. The molecule has 2 unspecified atom stereocenters. The standard InChI is InChI=1S/C24H28N4O5/c25-23(26)18-10-8-17(9-11-18)20-13-19(14-21(29)27-12-4-7-22(30)31)33-24(32)28(20)15-16-5-2-1-3-6-16/h1-3,5-6,8-11,19-20H,4,7,12-15H2,(H3,25,26)(H,27,29)(H,30,31). The largest absolute Gasteiger partial charge is 0.481 e. The van der Waals surface area contributed by atoms with Gasteiger partial charge < -0.3 is 20.9 Å². The lowest BCUT2D eigenvalue weighted by atomic mass is 9.94. The molecule has 2 amide bonds. The Hall–Kier alpha value is -3.88. The number of cyclic esters (lactones) is 1. The lowest BCUT2D eigenvalue weighted by molar-refractivity contribution is -0.137. The third-order valence-corrected chi connectivity index (χ3v) is 5.47. The Morgan fingerprint density at radius 2 is 1.85 bits per heavy atom. The van der Waals surface area contributed by atoms with Crippen LogP contribution in [0.25, 0.3) is 0 Å². The number of carbonyl (C=O) groups excluding carboxylic acids is 2. The number of benzene rings is 2. The third kappa shape index (κ3) is 6.80. The van der Waals surface area contributed by atoms with Gasteiger partial charge in [0.1, 0.15) is 11.9 Å². The van der Waals surface area contributed by atoms with Gasteiger partial charge in [0.15, 0.2) is 0 Å². The zero-order valence-electron chi connectivity index (χ0n) is 18.2. The average Bonchev–Trinajstić information content (AvgIpc) is 2.79. The summed E-state index contributed by atoms with van der Waals surface area (Å²) >= 11 is 0. The normalized spacial score (nSPS) is 17.8. The summed E-state index contributed by atoms with van der Waals surface area (Å²) in [6, 6.07) is 16.4. The zero-order valence-corrected chi connectivity index (χ0v) is 18.2. The molecule has 1 saturated heterocycles. The van der Waals surface area contributed by atoms with Crippen molar-refractivity contribution in [3.8, 4) is 0 Å². The maximum Gasteiger partial charge on any atom is 0.410 e. The van der Waals surface area contributed by atoms with E-state index in [2.05, 4.69) is 5.32 Å². The van der Waals surface area contributed by atoms with E-state index in [1.807, 2.05) is 42.5 Å². The van der Waals surface area contributed by atoms with Crippen LogP contribution in [0.1, 0.15) is 48.4 Å². The van der Waals surface area contributed by atoms with Crippen molar-refractivity contribution in [3.63, 3.8) is 0 Å². The first-order valence-corrected chi connectivity index (χ1v) is 10.8. The predicted octanol–water partition coefficient (Wildman–Crippen LogP) is 2.79. The molecule has 5 N–H and O–H groups in total. The van der Waals surface area contributed by atoms with E-state index in [1.165, 1.54) is 0 Å². The monoisotopic (exact) mass is 452 g/mol. The molecule has 33 heavy (non-hydrogen) atoms. The molecule has 2 aromatic rings. The minimum atomic E-state index is -0.914. The van der Waals surface area contributed by atoms with Crippen LogP contribution < -0.4 is 11.1 Å². The average molecular weight is 453 g/mol. The SMILES string of the molecule is N=C(N)c1ccc(C2CC(CC(=O)NCCCC(=O)O)OC(=O)N2Cc2ccccc2)cc1. The van der Waals surface area contributed by atoms with Gasteiger partial charge in [0.05, 0.1) is 12.5 Å². The Morgan fingerprint density at radius 1 is 1.15 bits per heavy atom. The van der Waals surface area contributed by atoms with Gasteiger partial charge in [-0.25, -0.2) is 4.79 Å². The minimum Gasteiger partial charge on any atom is -0.481 e. The van der Waals surface area contributed by atoms with E-state index < -0.39 is 18.2 Å². The second kappa shape index (κ2) is 11.1. The Kier molecular flexibility index (Phi) is 8.01. The molecule has 0 aromatic heterocycles. The van der Waals surface area contributed by atoms with Crippen LogP contribution in [0, 0.1) is 5.41 Å². The van der Waals surface area contributed by atoms with E-state index in [0.29, 0.717) is 24.9 Å². The Balaban J connectivity index is 1.73. The van der Waals surface area contributed by atoms with Crippen molar-refractivity contribution < 1.29 is 24.2 Å². The minimum absolute atomic E-state index is 0.0000178. The number of aliphatic carboxylic acids is 1. The third-order valence-electron chi connectivity index (χ3n) is 5.47. The van der Waals surface area contributed by atoms with Crippen LogP contribution >= 0.6 is 0 Å². The molecule has 1 heterocycles. The van der Waals surface area contributed by atoms with Crippen molar-refractivity contribution >= 4 is 23.8 Å². The fourth-order valence-corrected chi connectivity index (χ4v) is 3.79. The molecule has 2 atom stereocenters. The van der Waals surface area contributed by atoms with Gasteiger partial charge in [-0.05, 0) is 17.5 Å².